The van der Waals surface area contributed by atoms with Gasteiger partial charge in [-0.25, -0.2) is 4.39 Å². The van der Waals surface area contributed by atoms with Crippen LogP contribution in [0.2, 0.25) is 0 Å². The third kappa shape index (κ3) is 3.97. The Hall–Kier alpha value is -2.73. The van der Waals surface area contributed by atoms with Crippen LogP contribution in [0, 0.1) is 5.82 Å². The lowest BCUT2D eigenvalue weighted by molar-refractivity contribution is 0.603. The number of thiocarbonyl (C=S) groups is 1. The smallest absolute Gasteiger partial charge is 0.187 e. The fourth-order valence-electron chi connectivity index (χ4n) is 2.17. The molecule has 1 heterocycles. The number of fused-ring (bicyclic) bond motifs is 1. The van der Waals surface area contributed by atoms with Crippen molar-refractivity contribution in [2.24, 2.45) is 5.10 Å². The Morgan fingerprint density at radius 2 is 1.92 bits per heavy atom. The number of para-hydroxylation sites is 1. The van der Waals surface area contributed by atoms with E-state index >= 15 is 0 Å². The quantitative estimate of drug-likeness (QED) is 0.428. The van der Waals surface area contributed by atoms with Gasteiger partial charge in [0.2, 0.25) is 0 Å². The van der Waals surface area contributed by atoms with Crippen LogP contribution in [0.25, 0.3) is 11.0 Å². The molecule has 3 aromatic rings. The second-order valence-corrected chi connectivity index (χ2v) is 5.67. The molecular weight excluding hydrogens is 325 g/mol. The van der Waals surface area contributed by atoms with E-state index < -0.39 is 0 Å². The Balaban J connectivity index is 1.57. The van der Waals surface area contributed by atoms with E-state index in [-0.39, 0.29) is 5.82 Å². The molecule has 2 N–H and O–H groups in total. The molecule has 1 aromatic heterocycles. The van der Waals surface area contributed by atoms with Crippen molar-refractivity contribution < 1.29 is 8.81 Å². The molecule has 2 aromatic carbocycles. The summed E-state index contributed by atoms with van der Waals surface area (Å²) >= 11 is 5.18. The van der Waals surface area contributed by atoms with Crippen LogP contribution in [-0.4, -0.2) is 10.8 Å². The summed E-state index contributed by atoms with van der Waals surface area (Å²) in [6, 6.07) is 15.9. The molecule has 6 heteroatoms. The van der Waals surface area contributed by atoms with E-state index in [0.717, 1.165) is 16.5 Å². The summed E-state index contributed by atoms with van der Waals surface area (Å²) in [6.45, 7) is 2.33. The van der Waals surface area contributed by atoms with Crippen molar-refractivity contribution in [1.29, 1.82) is 0 Å². The van der Waals surface area contributed by atoms with Crippen molar-refractivity contribution in [2.45, 2.75) is 13.5 Å². The Morgan fingerprint density at radius 3 is 2.67 bits per heavy atom. The molecule has 3 rings (SSSR count). The molecule has 0 aliphatic rings. The zero-order chi connectivity index (χ0) is 16.9. The van der Waals surface area contributed by atoms with Crippen LogP contribution < -0.4 is 10.7 Å². The van der Waals surface area contributed by atoms with Crippen molar-refractivity contribution in [3.05, 3.63) is 71.7 Å². The third-order valence-corrected chi connectivity index (χ3v) is 3.71. The molecule has 24 heavy (non-hydrogen) atoms. The first-order chi connectivity index (χ1) is 11.6. The normalized spacial score (nSPS) is 11.5. The predicted octanol–water partition coefficient (Wildman–Crippen LogP) is 3.96. The fourth-order valence-corrected chi connectivity index (χ4v) is 2.29. The SMILES string of the molecule is C/C(=N/NC(=S)NCc1ccc(F)cc1)c1cc2ccccc2o1. The first kappa shape index (κ1) is 16.1. The van der Waals surface area contributed by atoms with Crippen molar-refractivity contribution in [3.8, 4) is 0 Å². The second-order valence-electron chi connectivity index (χ2n) is 5.27. The average molecular weight is 341 g/mol. The highest BCUT2D eigenvalue weighted by Crippen LogP contribution is 2.19. The minimum Gasteiger partial charge on any atom is -0.455 e. The van der Waals surface area contributed by atoms with E-state index in [2.05, 4.69) is 15.8 Å². The summed E-state index contributed by atoms with van der Waals surface area (Å²) < 4.78 is 18.6. The maximum atomic E-state index is 12.8. The number of nitrogens with one attached hydrogen (secondary N) is 2. The summed E-state index contributed by atoms with van der Waals surface area (Å²) in [6.07, 6.45) is 0. The maximum absolute atomic E-state index is 12.8. The van der Waals surface area contributed by atoms with E-state index in [4.69, 9.17) is 16.6 Å². The topological polar surface area (TPSA) is 49.6 Å². The van der Waals surface area contributed by atoms with Gasteiger partial charge < -0.3 is 9.73 Å². The molecule has 0 fully saturated rings. The first-order valence-electron chi connectivity index (χ1n) is 7.43. The van der Waals surface area contributed by atoms with Gasteiger partial charge >= 0.3 is 0 Å². The lowest BCUT2D eigenvalue weighted by atomic mass is 10.2. The van der Waals surface area contributed by atoms with Gasteiger partial charge in [0.25, 0.3) is 0 Å². The number of halogens is 1. The van der Waals surface area contributed by atoms with E-state index in [1.807, 2.05) is 37.3 Å². The Kier molecular flexibility index (Phi) is 4.86. The van der Waals surface area contributed by atoms with Gasteiger partial charge in [0.15, 0.2) is 10.9 Å². The van der Waals surface area contributed by atoms with Gasteiger partial charge in [-0.05, 0) is 49.0 Å². The zero-order valence-electron chi connectivity index (χ0n) is 13.0. The maximum Gasteiger partial charge on any atom is 0.187 e. The monoisotopic (exact) mass is 341 g/mol. The largest absolute Gasteiger partial charge is 0.455 e. The molecule has 0 saturated heterocycles. The molecule has 0 aliphatic heterocycles. The Morgan fingerprint density at radius 1 is 1.17 bits per heavy atom. The van der Waals surface area contributed by atoms with Crippen LogP contribution in [0.15, 0.2) is 64.1 Å². The lowest BCUT2D eigenvalue weighted by Gasteiger charge is -2.07. The van der Waals surface area contributed by atoms with Crippen molar-refractivity contribution in [3.63, 3.8) is 0 Å². The van der Waals surface area contributed by atoms with Crippen LogP contribution in [0.3, 0.4) is 0 Å². The van der Waals surface area contributed by atoms with Gasteiger partial charge in [0.1, 0.15) is 17.1 Å². The number of hydrazone groups is 1. The first-order valence-corrected chi connectivity index (χ1v) is 7.84. The number of furan rings is 1. The summed E-state index contributed by atoms with van der Waals surface area (Å²) in [5.41, 5.74) is 5.22. The van der Waals surface area contributed by atoms with Crippen molar-refractivity contribution >= 4 is 34.0 Å². The number of rotatable bonds is 4. The third-order valence-electron chi connectivity index (χ3n) is 3.47. The minimum atomic E-state index is -0.259. The molecule has 122 valence electrons. The highest BCUT2D eigenvalue weighted by Gasteiger charge is 2.06. The second kappa shape index (κ2) is 7.23. The molecule has 0 spiro atoms. The zero-order valence-corrected chi connectivity index (χ0v) is 13.9. The molecule has 0 amide bonds. The molecular formula is C18H16FN3OS. The van der Waals surface area contributed by atoms with Gasteiger partial charge in [-0.15, -0.1) is 0 Å². The highest BCUT2D eigenvalue weighted by molar-refractivity contribution is 7.80. The van der Waals surface area contributed by atoms with E-state index in [0.29, 0.717) is 23.1 Å². The Labute approximate surface area is 144 Å². The molecule has 0 aliphatic carbocycles. The van der Waals surface area contributed by atoms with Gasteiger partial charge in [-0.3, -0.25) is 5.43 Å². The molecule has 0 atom stereocenters. The average Bonchev–Trinajstić information content (AvgIpc) is 3.03. The van der Waals surface area contributed by atoms with Gasteiger partial charge in [-0.1, -0.05) is 30.3 Å². The minimum absolute atomic E-state index is 0.259. The number of benzene rings is 2. The standard InChI is InChI=1S/C18H16FN3OS/c1-12(17-10-14-4-2-3-5-16(14)23-17)21-22-18(24)20-11-13-6-8-15(19)9-7-13/h2-10H,11H2,1H3,(H2,20,22,24)/b21-12-. The van der Waals surface area contributed by atoms with Crippen LogP contribution in [0.5, 0.6) is 0 Å². The summed E-state index contributed by atoms with van der Waals surface area (Å²) in [5, 5.41) is 8.65. The van der Waals surface area contributed by atoms with Crippen LogP contribution in [0.1, 0.15) is 18.2 Å². The van der Waals surface area contributed by atoms with Crippen LogP contribution >= 0.6 is 12.2 Å². The van der Waals surface area contributed by atoms with Gasteiger partial charge in [0, 0.05) is 11.9 Å². The summed E-state index contributed by atoms with van der Waals surface area (Å²) in [5.74, 6) is 0.426. The fraction of sp³-hybridized carbons (Fsp3) is 0.111. The summed E-state index contributed by atoms with van der Waals surface area (Å²) in [7, 11) is 0. The number of hydrogen-bond donors (Lipinski definition) is 2. The molecule has 0 unspecified atom stereocenters. The molecule has 0 radical (unpaired) electrons. The molecule has 0 bridgehead atoms. The van der Waals surface area contributed by atoms with Gasteiger partial charge in [-0.2, -0.15) is 5.10 Å². The van der Waals surface area contributed by atoms with E-state index in [1.165, 1.54) is 12.1 Å². The molecule has 4 nitrogen and oxygen atoms in total. The molecule has 0 saturated carbocycles. The van der Waals surface area contributed by atoms with E-state index in [1.54, 1.807) is 12.1 Å². The van der Waals surface area contributed by atoms with Crippen molar-refractivity contribution in [2.75, 3.05) is 0 Å². The van der Waals surface area contributed by atoms with Crippen molar-refractivity contribution in [1.82, 2.24) is 10.7 Å². The summed E-state index contributed by atoms with van der Waals surface area (Å²) in [4.78, 5) is 0. The highest BCUT2D eigenvalue weighted by atomic mass is 32.1. The number of hydrogen-bond acceptors (Lipinski definition) is 3. The predicted molar refractivity (Wildman–Crippen MR) is 97.4 cm³/mol. The van der Waals surface area contributed by atoms with Gasteiger partial charge in [0.05, 0.1) is 0 Å². The number of nitrogens with zero attached hydrogens (tertiary/aromatic N) is 1. The van der Waals surface area contributed by atoms with Crippen LogP contribution in [0.4, 0.5) is 4.39 Å². The van der Waals surface area contributed by atoms with Crippen LogP contribution in [-0.2, 0) is 6.54 Å². The Bertz CT molecular complexity index is 854. The van der Waals surface area contributed by atoms with E-state index in [9.17, 15) is 4.39 Å². The lowest BCUT2D eigenvalue weighted by Crippen LogP contribution is -2.32.